The molecule has 4 heteroatoms. The minimum absolute atomic E-state index is 0.0503. The molecule has 0 radical (unpaired) electrons. The molecular formula is C15H16BrClN2. The number of benzene rings is 2. The van der Waals surface area contributed by atoms with Gasteiger partial charge in [0.15, 0.2) is 0 Å². The molecule has 0 aliphatic heterocycles. The van der Waals surface area contributed by atoms with E-state index < -0.39 is 0 Å². The fourth-order valence-corrected chi connectivity index (χ4v) is 2.86. The lowest BCUT2D eigenvalue weighted by atomic mass is 10.1. The Morgan fingerprint density at radius 1 is 1.21 bits per heavy atom. The third-order valence-corrected chi connectivity index (χ3v) is 3.89. The number of aryl methyl sites for hydroxylation is 1. The maximum Gasteiger partial charge on any atom is 0.0647 e. The molecule has 0 aliphatic carbocycles. The number of hydrogen-bond acceptors (Lipinski definition) is 2. The van der Waals surface area contributed by atoms with Gasteiger partial charge in [-0.2, -0.15) is 0 Å². The van der Waals surface area contributed by atoms with Crippen LogP contribution in [0, 0.1) is 6.92 Å². The summed E-state index contributed by atoms with van der Waals surface area (Å²) in [4.78, 5) is 0. The molecule has 0 amide bonds. The van der Waals surface area contributed by atoms with Gasteiger partial charge in [0.05, 0.1) is 6.04 Å². The van der Waals surface area contributed by atoms with Crippen molar-refractivity contribution in [2.24, 2.45) is 5.73 Å². The fourth-order valence-electron chi connectivity index (χ4n) is 1.90. The molecule has 2 rings (SSSR count). The number of halogens is 2. The van der Waals surface area contributed by atoms with E-state index in [0.717, 1.165) is 15.7 Å². The molecule has 1 unspecified atom stereocenters. The quantitative estimate of drug-likeness (QED) is 0.859. The largest absolute Gasteiger partial charge is 0.377 e. The van der Waals surface area contributed by atoms with E-state index in [-0.39, 0.29) is 6.04 Å². The van der Waals surface area contributed by atoms with Crippen LogP contribution in [0.5, 0.6) is 0 Å². The second-order valence-electron chi connectivity index (χ2n) is 4.46. The van der Waals surface area contributed by atoms with Crippen molar-refractivity contribution in [2.75, 3.05) is 11.9 Å². The molecule has 19 heavy (non-hydrogen) atoms. The maximum absolute atomic E-state index is 5.96. The summed E-state index contributed by atoms with van der Waals surface area (Å²) < 4.78 is 0.968. The summed E-state index contributed by atoms with van der Waals surface area (Å²) >= 11 is 9.49. The van der Waals surface area contributed by atoms with Gasteiger partial charge in [-0.3, -0.25) is 0 Å². The van der Waals surface area contributed by atoms with Gasteiger partial charge in [-0.25, -0.2) is 0 Å². The summed E-state index contributed by atoms with van der Waals surface area (Å²) in [5, 5.41) is 4.14. The minimum Gasteiger partial charge on any atom is -0.377 e. The van der Waals surface area contributed by atoms with Crippen LogP contribution in [-0.2, 0) is 0 Å². The van der Waals surface area contributed by atoms with Crippen LogP contribution in [0.25, 0.3) is 0 Å². The second kappa shape index (κ2) is 6.42. The molecule has 2 nitrogen and oxygen atoms in total. The first-order valence-corrected chi connectivity index (χ1v) is 7.25. The van der Waals surface area contributed by atoms with Crippen LogP contribution < -0.4 is 11.1 Å². The summed E-state index contributed by atoms with van der Waals surface area (Å²) in [7, 11) is 0. The SMILES string of the molecule is Cc1ccc(NC(CN)c2ccc(Cl)cc2Br)cc1. The number of anilines is 1. The van der Waals surface area contributed by atoms with Crippen molar-refractivity contribution in [2.45, 2.75) is 13.0 Å². The molecule has 0 bridgehead atoms. The predicted molar refractivity (Wildman–Crippen MR) is 85.7 cm³/mol. The lowest BCUT2D eigenvalue weighted by Crippen LogP contribution is -2.21. The van der Waals surface area contributed by atoms with E-state index in [1.165, 1.54) is 5.56 Å². The van der Waals surface area contributed by atoms with Crippen LogP contribution in [0.2, 0.25) is 5.02 Å². The van der Waals surface area contributed by atoms with E-state index in [0.29, 0.717) is 11.6 Å². The number of hydrogen-bond donors (Lipinski definition) is 2. The molecule has 0 fully saturated rings. The molecule has 0 aromatic heterocycles. The van der Waals surface area contributed by atoms with E-state index in [1.807, 2.05) is 18.2 Å². The smallest absolute Gasteiger partial charge is 0.0647 e. The molecule has 2 aromatic carbocycles. The zero-order valence-electron chi connectivity index (χ0n) is 10.7. The van der Waals surface area contributed by atoms with Crippen molar-refractivity contribution in [1.82, 2.24) is 0 Å². The molecular weight excluding hydrogens is 324 g/mol. The topological polar surface area (TPSA) is 38.0 Å². The van der Waals surface area contributed by atoms with Crippen LogP contribution in [0.4, 0.5) is 5.69 Å². The monoisotopic (exact) mass is 338 g/mol. The summed E-state index contributed by atoms with van der Waals surface area (Å²) in [6.45, 7) is 2.58. The van der Waals surface area contributed by atoms with Gasteiger partial charge in [-0.1, -0.05) is 51.3 Å². The summed E-state index contributed by atoms with van der Waals surface area (Å²) in [6, 6.07) is 14.1. The predicted octanol–water partition coefficient (Wildman–Crippen LogP) is 4.52. The van der Waals surface area contributed by atoms with Crippen LogP contribution in [0.1, 0.15) is 17.2 Å². The molecule has 0 heterocycles. The summed E-state index contributed by atoms with van der Waals surface area (Å²) in [5.41, 5.74) is 9.27. The summed E-state index contributed by atoms with van der Waals surface area (Å²) in [6.07, 6.45) is 0. The zero-order valence-corrected chi connectivity index (χ0v) is 13.0. The standard InChI is InChI=1S/C15H16BrClN2/c1-10-2-5-12(6-3-10)19-15(9-18)13-7-4-11(17)8-14(13)16/h2-8,15,19H,9,18H2,1H3. The Bertz CT molecular complexity index is 555. The minimum atomic E-state index is 0.0503. The normalized spacial score (nSPS) is 12.2. The van der Waals surface area contributed by atoms with Gasteiger partial charge in [0.2, 0.25) is 0 Å². The molecule has 2 aromatic rings. The lowest BCUT2D eigenvalue weighted by molar-refractivity contribution is 0.786. The van der Waals surface area contributed by atoms with E-state index in [4.69, 9.17) is 17.3 Å². The Morgan fingerprint density at radius 3 is 2.47 bits per heavy atom. The van der Waals surface area contributed by atoms with Gasteiger partial charge in [0.25, 0.3) is 0 Å². The molecule has 100 valence electrons. The molecule has 0 aliphatic rings. The first-order chi connectivity index (χ1) is 9.10. The Kier molecular flexibility index (Phi) is 4.86. The Balaban J connectivity index is 2.22. The van der Waals surface area contributed by atoms with Gasteiger partial charge in [0.1, 0.15) is 0 Å². The lowest BCUT2D eigenvalue weighted by Gasteiger charge is -2.20. The summed E-state index contributed by atoms with van der Waals surface area (Å²) in [5.74, 6) is 0. The van der Waals surface area contributed by atoms with Crippen LogP contribution >= 0.6 is 27.5 Å². The van der Waals surface area contributed by atoms with Crippen molar-refractivity contribution in [3.05, 3.63) is 63.1 Å². The van der Waals surface area contributed by atoms with Crippen LogP contribution in [-0.4, -0.2) is 6.54 Å². The first-order valence-electron chi connectivity index (χ1n) is 6.08. The highest BCUT2D eigenvalue weighted by Crippen LogP contribution is 2.28. The Morgan fingerprint density at radius 2 is 1.89 bits per heavy atom. The van der Waals surface area contributed by atoms with E-state index in [2.05, 4.69) is 52.4 Å². The van der Waals surface area contributed by atoms with Crippen molar-refractivity contribution >= 4 is 33.2 Å². The van der Waals surface area contributed by atoms with Crippen molar-refractivity contribution in [1.29, 1.82) is 0 Å². The van der Waals surface area contributed by atoms with Gasteiger partial charge in [0, 0.05) is 21.7 Å². The van der Waals surface area contributed by atoms with Crippen LogP contribution in [0.3, 0.4) is 0 Å². The van der Waals surface area contributed by atoms with Crippen molar-refractivity contribution in [3.63, 3.8) is 0 Å². The Hall–Kier alpha value is -1.03. The number of rotatable bonds is 4. The third-order valence-electron chi connectivity index (χ3n) is 2.97. The second-order valence-corrected chi connectivity index (χ2v) is 5.76. The van der Waals surface area contributed by atoms with Gasteiger partial charge < -0.3 is 11.1 Å². The molecule has 0 saturated carbocycles. The van der Waals surface area contributed by atoms with E-state index >= 15 is 0 Å². The Labute approximate surface area is 127 Å². The van der Waals surface area contributed by atoms with Crippen molar-refractivity contribution in [3.8, 4) is 0 Å². The van der Waals surface area contributed by atoms with Crippen molar-refractivity contribution < 1.29 is 0 Å². The fraction of sp³-hybridized carbons (Fsp3) is 0.200. The highest BCUT2D eigenvalue weighted by molar-refractivity contribution is 9.10. The first kappa shape index (κ1) is 14.4. The molecule has 3 N–H and O–H groups in total. The van der Waals surface area contributed by atoms with E-state index in [1.54, 1.807) is 0 Å². The zero-order chi connectivity index (χ0) is 13.8. The van der Waals surface area contributed by atoms with Gasteiger partial charge in [-0.15, -0.1) is 0 Å². The highest BCUT2D eigenvalue weighted by Gasteiger charge is 2.13. The average Bonchev–Trinajstić information content (AvgIpc) is 2.39. The average molecular weight is 340 g/mol. The highest BCUT2D eigenvalue weighted by atomic mass is 79.9. The maximum atomic E-state index is 5.96. The van der Waals surface area contributed by atoms with E-state index in [9.17, 15) is 0 Å². The molecule has 0 spiro atoms. The number of nitrogens with two attached hydrogens (primary N) is 1. The molecule has 1 atom stereocenters. The van der Waals surface area contributed by atoms with Gasteiger partial charge in [-0.05, 0) is 36.8 Å². The van der Waals surface area contributed by atoms with Crippen LogP contribution in [0.15, 0.2) is 46.9 Å². The molecule has 0 saturated heterocycles. The van der Waals surface area contributed by atoms with Gasteiger partial charge >= 0.3 is 0 Å². The number of nitrogens with one attached hydrogen (secondary N) is 1. The third kappa shape index (κ3) is 3.72.